The first kappa shape index (κ1) is 18.5. The van der Waals surface area contributed by atoms with Crippen LogP contribution in [0.5, 0.6) is 5.75 Å². The molecule has 2 heterocycles. The zero-order chi connectivity index (χ0) is 19.3. The molecule has 4 rings (SSSR count). The Morgan fingerprint density at radius 1 is 1.18 bits per heavy atom. The van der Waals surface area contributed by atoms with Crippen LogP contribution in [0.1, 0.15) is 30.1 Å². The highest BCUT2D eigenvalue weighted by Crippen LogP contribution is 2.26. The average molecular weight is 379 g/mol. The molecule has 1 aromatic heterocycles. The lowest BCUT2D eigenvalue weighted by Gasteiger charge is -2.28. The fourth-order valence-electron chi connectivity index (χ4n) is 3.83. The van der Waals surface area contributed by atoms with E-state index in [2.05, 4.69) is 27.5 Å². The van der Waals surface area contributed by atoms with Gasteiger partial charge in [-0.3, -0.25) is 9.69 Å². The maximum absolute atomic E-state index is 12.6. The highest BCUT2D eigenvalue weighted by atomic mass is 16.5. The molecule has 1 aliphatic heterocycles. The molecule has 146 valence electrons. The lowest BCUT2D eigenvalue weighted by atomic mass is 10.0. The van der Waals surface area contributed by atoms with E-state index in [1.165, 1.54) is 18.4 Å². The number of hydrogen-bond donors (Lipinski definition) is 1. The molecule has 0 radical (unpaired) electrons. The normalized spacial score (nSPS) is 15.6. The van der Waals surface area contributed by atoms with Gasteiger partial charge in [-0.2, -0.15) is 0 Å². The third kappa shape index (κ3) is 4.02. The smallest absolute Gasteiger partial charge is 0.226 e. The molecular weight excluding hydrogens is 354 g/mol. The molecular formula is C22H25N3O3. The average Bonchev–Trinajstić information content (AvgIpc) is 3.40. The van der Waals surface area contributed by atoms with Crippen molar-refractivity contribution in [2.24, 2.45) is 0 Å². The molecule has 6 heteroatoms. The Morgan fingerprint density at radius 2 is 1.93 bits per heavy atom. The molecule has 1 atom stereocenters. The van der Waals surface area contributed by atoms with Gasteiger partial charge in [0, 0.05) is 11.9 Å². The Bertz CT molecular complexity index is 930. The largest absolute Gasteiger partial charge is 0.497 e. The van der Waals surface area contributed by atoms with Crippen molar-refractivity contribution in [1.29, 1.82) is 0 Å². The number of ether oxygens (including phenoxy) is 1. The molecule has 0 unspecified atom stereocenters. The molecule has 0 saturated carbocycles. The number of methoxy groups -OCH3 is 1. The quantitative estimate of drug-likeness (QED) is 0.682. The second kappa shape index (κ2) is 8.44. The maximum atomic E-state index is 12.6. The molecule has 0 aliphatic carbocycles. The predicted molar refractivity (Wildman–Crippen MR) is 107 cm³/mol. The van der Waals surface area contributed by atoms with E-state index in [-0.39, 0.29) is 18.4 Å². The number of likely N-dealkylation sites (tertiary alicyclic amines) is 1. The summed E-state index contributed by atoms with van der Waals surface area (Å²) in [5.41, 5.74) is 2.57. The first-order valence-corrected chi connectivity index (χ1v) is 9.72. The number of nitrogens with zero attached hydrogens (tertiary/aromatic N) is 2. The number of benzene rings is 2. The van der Waals surface area contributed by atoms with Crippen molar-refractivity contribution in [3.05, 3.63) is 59.8 Å². The summed E-state index contributed by atoms with van der Waals surface area (Å²) in [6.07, 6.45) is 2.61. The summed E-state index contributed by atoms with van der Waals surface area (Å²) in [4.78, 5) is 15.0. The fraction of sp³-hybridized carbons (Fsp3) is 0.364. The molecule has 0 spiro atoms. The molecule has 2 aromatic carbocycles. The monoisotopic (exact) mass is 379 g/mol. The second-order valence-corrected chi connectivity index (χ2v) is 7.14. The van der Waals surface area contributed by atoms with Crippen molar-refractivity contribution in [2.45, 2.75) is 25.3 Å². The van der Waals surface area contributed by atoms with E-state index < -0.39 is 0 Å². The Hall–Kier alpha value is -2.86. The van der Waals surface area contributed by atoms with Crippen LogP contribution in [0.2, 0.25) is 0 Å². The van der Waals surface area contributed by atoms with Gasteiger partial charge in [0.1, 0.15) is 11.4 Å². The number of fused-ring (bicyclic) bond motifs is 1. The van der Waals surface area contributed by atoms with Gasteiger partial charge in [0.2, 0.25) is 5.91 Å². The van der Waals surface area contributed by atoms with Crippen molar-refractivity contribution < 1.29 is 14.1 Å². The van der Waals surface area contributed by atoms with Crippen LogP contribution in [0, 0.1) is 0 Å². The minimum absolute atomic E-state index is 0.0447. The SMILES string of the molecule is COc1ccc([C@@H](CNC(=O)Cc2noc3ccccc23)N2CCCC2)cc1. The van der Waals surface area contributed by atoms with Gasteiger partial charge in [-0.15, -0.1) is 0 Å². The highest BCUT2D eigenvalue weighted by molar-refractivity contribution is 5.86. The summed E-state index contributed by atoms with van der Waals surface area (Å²) in [5.74, 6) is 0.794. The van der Waals surface area contributed by atoms with E-state index in [9.17, 15) is 4.79 Å². The molecule has 0 bridgehead atoms. The third-order valence-corrected chi connectivity index (χ3v) is 5.35. The molecule has 6 nitrogen and oxygen atoms in total. The minimum Gasteiger partial charge on any atom is -0.497 e. The number of carbonyl (C=O) groups is 1. The fourth-order valence-corrected chi connectivity index (χ4v) is 3.83. The Kier molecular flexibility index (Phi) is 5.58. The van der Waals surface area contributed by atoms with Crippen molar-refractivity contribution >= 4 is 16.9 Å². The van der Waals surface area contributed by atoms with Gasteiger partial charge >= 0.3 is 0 Å². The van der Waals surface area contributed by atoms with Gasteiger partial charge in [0.05, 0.1) is 19.6 Å². The number of para-hydroxylation sites is 1. The Morgan fingerprint density at radius 3 is 2.68 bits per heavy atom. The topological polar surface area (TPSA) is 67.6 Å². The Balaban J connectivity index is 1.43. The predicted octanol–water partition coefficient (Wildman–Crippen LogP) is 3.33. The maximum Gasteiger partial charge on any atom is 0.226 e. The molecule has 1 amide bonds. The summed E-state index contributed by atoms with van der Waals surface area (Å²) in [6, 6.07) is 15.9. The molecule has 3 aromatic rings. The van der Waals surface area contributed by atoms with Crippen LogP contribution in [0.25, 0.3) is 11.0 Å². The lowest BCUT2D eigenvalue weighted by molar-refractivity contribution is -0.120. The van der Waals surface area contributed by atoms with Crippen molar-refractivity contribution in [3.63, 3.8) is 0 Å². The molecule has 1 saturated heterocycles. The highest BCUT2D eigenvalue weighted by Gasteiger charge is 2.24. The van der Waals surface area contributed by atoms with E-state index in [4.69, 9.17) is 9.26 Å². The zero-order valence-corrected chi connectivity index (χ0v) is 16.1. The summed E-state index contributed by atoms with van der Waals surface area (Å²) in [6.45, 7) is 2.68. The first-order chi connectivity index (χ1) is 13.7. The molecule has 28 heavy (non-hydrogen) atoms. The van der Waals surface area contributed by atoms with E-state index in [1.807, 2.05) is 36.4 Å². The van der Waals surface area contributed by atoms with Crippen LogP contribution in [-0.2, 0) is 11.2 Å². The van der Waals surface area contributed by atoms with Crippen molar-refractivity contribution in [3.8, 4) is 5.75 Å². The number of nitrogens with one attached hydrogen (secondary N) is 1. The van der Waals surface area contributed by atoms with Gasteiger partial charge < -0.3 is 14.6 Å². The van der Waals surface area contributed by atoms with Crippen LogP contribution >= 0.6 is 0 Å². The Labute approximate surface area is 164 Å². The summed E-state index contributed by atoms with van der Waals surface area (Å²) in [7, 11) is 1.67. The van der Waals surface area contributed by atoms with E-state index >= 15 is 0 Å². The summed E-state index contributed by atoms with van der Waals surface area (Å²) >= 11 is 0. The van der Waals surface area contributed by atoms with E-state index in [0.717, 1.165) is 24.2 Å². The molecule has 1 aliphatic rings. The van der Waals surface area contributed by atoms with Crippen LogP contribution in [-0.4, -0.2) is 42.7 Å². The van der Waals surface area contributed by atoms with Crippen LogP contribution < -0.4 is 10.1 Å². The second-order valence-electron chi connectivity index (χ2n) is 7.14. The summed E-state index contributed by atoms with van der Waals surface area (Å²) < 4.78 is 10.6. The molecule has 1 fully saturated rings. The van der Waals surface area contributed by atoms with Gasteiger partial charge in [0.25, 0.3) is 0 Å². The lowest BCUT2D eigenvalue weighted by Crippen LogP contribution is -2.37. The summed E-state index contributed by atoms with van der Waals surface area (Å²) in [5, 5.41) is 8.05. The van der Waals surface area contributed by atoms with Gasteiger partial charge in [0.15, 0.2) is 5.58 Å². The van der Waals surface area contributed by atoms with Crippen LogP contribution in [0.4, 0.5) is 0 Å². The number of aromatic nitrogens is 1. The van der Waals surface area contributed by atoms with Gasteiger partial charge in [-0.1, -0.05) is 29.4 Å². The number of carbonyl (C=O) groups excluding carboxylic acids is 1. The van der Waals surface area contributed by atoms with Gasteiger partial charge in [-0.25, -0.2) is 0 Å². The molecule has 1 N–H and O–H groups in total. The standard InChI is InChI=1S/C22H25N3O3/c1-27-17-10-8-16(9-11-17)20(25-12-4-5-13-25)15-23-22(26)14-19-18-6-2-3-7-21(18)28-24-19/h2-3,6-11,20H,4-5,12-15H2,1H3,(H,23,26)/t20-/m1/s1. The number of hydrogen-bond acceptors (Lipinski definition) is 5. The minimum atomic E-state index is -0.0447. The van der Waals surface area contributed by atoms with Crippen molar-refractivity contribution in [1.82, 2.24) is 15.4 Å². The van der Waals surface area contributed by atoms with Crippen LogP contribution in [0.3, 0.4) is 0 Å². The zero-order valence-electron chi connectivity index (χ0n) is 16.1. The van der Waals surface area contributed by atoms with Crippen LogP contribution in [0.15, 0.2) is 53.1 Å². The third-order valence-electron chi connectivity index (χ3n) is 5.35. The number of rotatable bonds is 7. The van der Waals surface area contributed by atoms with Gasteiger partial charge in [-0.05, 0) is 55.8 Å². The number of amides is 1. The van der Waals surface area contributed by atoms with E-state index in [0.29, 0.717) is 17.8 Å². The van der Waals surface area contributed by atoms with E-state index in [1.54, 1.807) is 7.11 Å². The first-order valence-electron chi connectivity index (χ1n) is 9.72. The van der Waals surface area contributed by atoms with Crippen molar-refractivity contribution in [2.75, 3.05) is 26.7 Å².